The van der Waals surface area contributed by atoms with Crippen LogP contribution in [-0.4, -0.2) is 0 Å². The van der Waals surface area contributed by atoms with Gasteiger partial charge in [-0.1, -0.05) is 0 Å². The van der Waals surface area contributed by atoms with Crippen LogP contribution in [0.25, 0.3) is 0 Å². The number of rotatable bonds is 0. The minimum Gasteiger partial charge on any atom is -0.372 e. The maximum Gasteiger partial charge on any atom is 0 e. The Morgan fingerprint density at radius 2 is 1.00 bits per heavy atom. The zero-order valence-corrected chi connectivity index (χ0v) is 11.7. The van der Waals surface area contributed by atoms with Gasteiger partial charge in [-0.2, -0.15) is 6.92 Å². The first kappa shape index (κ1) is 31.9. The molecule has 0 aromatic heterocycles. The van der Waals surface area contributed by atoms with Gasteiger partial charge in [0.2, 0.25) is 0 Å². The Labute approximate surface area is 105 Å². The minimum absolute atomic E-state index is 0. The van der Waals surface area contributed by atoms with Crippen LogP contribution in [0.3, 0.4) is 0 Å². The number of hydrogen-bond acceptors (Lipinski definition) is 0. The van der Waals surface area contributed by atoms with Gasteiger partial charge in [0.1, 0.15) is 0 Å². The van der Waals surface area contributed by atoms with Crippen LogP contribution < -0.4 is 0 Å². The van der Waals surface area contributed by atoms with Crippen LogP contribution in [0.15, 0.2) is 0 Å². The summed E-state index contributed by atoms with van der Waals surface area (Å²) in [5.74, 6) is 0. The fraction of sp³-hybridized carbons (Fsp3) is 0.333. The smallest absolute Gasteiger partial charge is 0 e. The molecule has 0 nitrogen and oxygen atoms in total. The summed E-state index contributed by atoms with van der Waals surface area (Å²) < 4.78 is 0. The van der Waals surface area contributed by atoms with E-state index < -0.39 is 0 Å². The fourth-order valence-corrected chi connectivity index (χ4v) is 0. The van der Waals surface area contributed by atoms with Gasteiger partial charge in [-0.3, -0.25) is 0 Å². The van der Waals surface area contributed by atoms with Gasteiger partial charge in [0.25, 0.3) is 0 Å². The molecule has 0 saturated carbocycles. The summed E-state index contributed by atoms with van der Waals surface area (Å²) in [5.41, 5.74) is 0. The van der Waals surface area contributed by atoms with Gasteiger partial charge in [-0.15, -0.1) is 0 Å². The van der Waals surface area contributed by atoms with E-state index >= 15 is 0 Å². The van der Waals surface area contributed by atoms with Crippen LogP contribution in [0.5, 0.6) is 0 Å². The van der Waals surface area contributed by atoms with Gasteiger partial charge in [-0.05, 0) is 0 Å². The van der Waals surface area contributed by atoms with E-state index in [1.54, 1.807) is 6.92 Å². The Kier molecular flexibility index (Phi) is 240. The van der Waals surface area contributed by atoms with Crippen LogP contribution >= 0.6 is 0 Å². The van der Waals surface area contributed by atoms with E-state index in [9.17, 15) is 0 Å². The molecule has 2 heteroatoms. The molecule has 0 saturated heterocycles. The zero-order chi connectivity index (χ0) is 4.71. The summed E-state index contributed by atoms with van der Waals surface area (Å²) in [7, 11) is 0. The molecular weight excluding hydrogens is 250 g/mol. The predicted molar refractivity (Wildman–Crippen MR) is 32.8 cm³/mol. The molecule has 0 heterocycles. The van der Waals surface area contributed by atoms with Crippen molar-refractivity contribution >= 4 is 0 Å². The van der Waals surface area contributed by atoms with E-state index in [1.165, 1.54) is 0 Å². The second-order valence-corrected chi connectivity index (χ2v) is 0.354. The Balaban J connectivity index is -0.00000000567. The second kappa shape index (κ2) is 60.3. The molecule has 48 valence electrons. The molecule has 0 amide bonds. The molecule has 0 atom stereocenters. The van der Waals surface area contributed by atoms with E-state index in [0.717, 1.165) is 6.42 Å². The third kappa shape index (κ3) is 87.5. The van der Waals surface area contributed by atoms with Crippen molar-refractivity contribution in [2.75, 3.05) is 0 Å². The maximum atomic E-state index is 3.38. The topological polar surface area (TPSA) is 0 Å². The monoisotopic (exact) mass is 264 g/mol. The SMILES string of the molecule is [CH2-]C.[CH2-]C[CH2-].[CH3-].[Y].[Y]. The Hall–Kier alpha value is 2.21. The van der Waals surface area contributed by atoms with Gasteiger partial charge in [0.15, 0.2) is 0 Å². The summed E-state index contributed by atoms with van der Waals surface area (Å²) in [6.07, 6.45) is 0.750. The third-order valence-electron chi connectivity index (χ3n) is 0. The summed E-state index contributed by atoms with van der Waals surface area (Å²) in [6.45, 7) is 11.8. The van der Waals surface area contributed by atoms with Crippen molar-refractivity contribution in [3.05, 3.63) is 28.2 Å². The molecule has 0 N–H and O–H groups in total. The first-order valence-electron chi connectivity index (χ1n) is 1.71. The van der Waals surface area contributed by atoms with Crippen LogP contribution in [-0.2, 0) is 65.4 Å². The summed E-state index contributed by atoms with van der Waals surface area (Å²) in [4.78, 5) is 0. The van der Waals surface area contributed by atoms with E-state index in [-0.39, 0.29) is 72.8 Å². The molecule has 0 aromatic carbocycles. The van der Waals surface area contributed by atoms with Crippen molar-refractivity contribution < 1.29 is 65.4 Å². The van der Waals surface area contributed by atoms with E-state index in [0.29, 0.717) is 0 Å². The molecule has 8 heavy (non-hydrogen) atoms. The maximum absolute atomic E-state index is 3.38. The van der Waals surface area contributed by atoms with Gasteiger partial charge in [0, 0.05) is 65.4 Å². The average Bonchev–Trinajstić information content (AvgIpc) is 1.46. The Morgan fingerprint density at radius 1 is 1.00 bits per heavy atom. The van der Waals surface area contributed by atoms with Gasteiger partial charge >= 0.3 is 0 Å². The molecule has 0 aromatic rings. The summed E-state index contributed by atoms with van der Waals surface area (Å²) in [6, 6.07) is 0. The third-order valence-corrected chi connectivity index (χ3v) is 0. The molecule has 0 aliphatic carbocycles. The van der Waals surface area contributed by atoms with E-state index in [2.05, 4.69) is 20.8 Å². The first-order chi connectivity index (χ1) is 2.41. The van der Waals surface area contributed by atoms with Crippen molar-refractivity contribution in [2.45, 2.75) is 13.3 Å². The van der Waals surface area contributed by atoms with Gasteiger partial charge < -0.3 is 34.6 Å². The Bertz CT molecular complexity index is 6.49. The molecule has 0 fully saturated rings. The van der Waals surface area contributed by atoms with Crippen molar-refractivity contribution in [3.8, 4) is 0 Å². The molecule has 0 aliphatic heterocycles. The van der Waals surface area contributed by atoms with Crippen LogP contribution in [0.1, 0.15) is 13.3 Å². The molecule has 0 bridgehead atoms. The number of hydrogen-bond donors (Lipinski definition) is 0. The normalized spacial score (nSPS) is 3.00. The summed E-state index contributed by atoms with van der Waals surface area (Å²) in [5, 5.41) is 0. The molecule has 0 unspecified atom stereocenters. The minimum atomic E-state index is 0. The van der Waals surface area contributed by atoms with Gasteiger partial charge in [0.05, 0.1) is 0 Å². The van der Waals surface area contributed by atoms with Crippen molar-refractivity contribution in [2.24, 2.45) is 0 Å². The standard InChI is InChI=1S/C3H6.C2H5.CH3.2Y/c1-3-2;1-2;;;/h1-3H2;1H2,2H3;1H3;;/q-2;2*-1;;. The predicted octanol–water partition coefficient (Wildman–Crippen LogP) is 2.33. The summed E-state index contributed by atoms with van der Waals surface area (Å²) >= 11 is 0. The van der Waals surface area contributed by atoms with Gasteiger partial charge in [-0.25, -0.2) is 0 Å². The van der Waals surface area contributed by atoms with Crippen molar-refractivity contribution in [1.82, 2.24) is 0 Å². The first-order valence-corrected chi connectivity index (χ1v) is 1.71. The Morgan fingerprint density at radius 3 is 1.00 bits per heavy atom. The average molecular weight is 264 g/mol. The largest absolute Gasteiger partial charge is 0.372 e. The molecular formula is C6H14Y2-4. The molecule has 2 radical (unpaired) electrons. The van der Waals surface area contributed by atoms with Crippen LogP contribution in [0, 0.1) is 28.2 Å². The molecule has 0 aliphatic rings. The van der Waals surface area contributed by atoms with E-state index in [4.69, 9.17) is 0 Å². The van der Waals surface area contributed by atoms with Crippen molar-refractivity contribution in [1.29, 1.82) is 0 Å². The quantitative estimate of drug-likeness (QED) is 0.589. The van der Waals surface area contributed by atoms with Crippen LogP contribution in [0.4, 0.5) is 0 Å². The fourth-order valence-electron chi connectivity index (χ4n) is 0. The molecule has 0 rings (SSSR count). The van der Waals surface area contributed by atoms with E-state index in [1.807, 2.05) is 0 Å². The zero-order valence-electron chi connectivity index (χ0n) is 5.98. The van der Waals surface area contributed by atoms with Crippen LogP contribution in [0.2, 0.25) is 0 Å². The molecule has 0 spiro atoms. The van der Waals surface area contributed by atoms with Crippen molar-refractivity contribution in [3.63, 3.8) is 0 Å². The second-order valence-electron chi connectivity index (χ2n) is 0.354.